The molecule has 0 spiro atoms. The molecule has 0 unspecified atom stereocenters. The average molecular weight is 155 g/mol. The molecule has 0 aromatic carbocycles. The summed E-state index contributed by atoms with van der Waals surface area (Å²) in [6, 6.07) is 0. The summed E-state index contributed by atoms with van der Waals surface area (Å²) >= 11 is 0. The maximum absolute atomic E-state index is 10.8. The highest BCUT2D eigenvalue weighted by Crippen LogP contribution is 2.07. The van der Waals surface area contributed by atoms with E-state index in [-0.39, 0.29) is 11.6 Å². The molecular formula is C8H13NO2. The summed E-state index contributed by atoms with van der Waals surface area (Å²) in [6.45, 7) is 2.83. The van der Waals surface area contributed by atoms with Crippen molar-refractivity contribution in [2.75, 3.05) is 0 Å². The normalized spacial score (nSPS) is 9.73. The van der Waals surface area contributed by atoms with Crippen LogP contribution >= 0.6 is 0 Å². The molecule has 3 heteroatoms. The molecule has 0 aliphatic heterocycles. The monoisotopic (exact) mass is 155 g/mol. The molecule has 0 fully saturated rings. The lowest BCUT2D eigenvalue weighted by molar-refractivity contribution is -0.130. The quantitative estimate of drug-likeness (QED) is 0.479. The summed E-state index contributed by atoms with van der Waals surface area (Å²) in [5, 5.41) is 6.73. The van der Waals surface area contributed by atoms with E-state index in [0.717, 1.165) is 0 Å². The fourth-order valence-electron chi connectivity index (χ4n) is 0.943. The molecule has 0 aliphatic rings. The van der Waals surface area contributed by atoms with Gasteiger partial charge in [-0.15, -0.1) is 0 Å². The van der Waals surface area contributed by atoms with Gasteiger partial charge in [-0.3, -0.25) is 9.59 Å². The van der Waals surface area contributed by atoms with Crippen LogP contribution in [0, 0.1) is 11.3 Å². The van der Waals surface area contributed by atoms with Crippen molar-refractivity contribution in [2.45, 2.75) is 26.7 Å². The molecular weight excluding hydrogens is 142 g/mol. The van der Waals surface area contributed by atoms with Gasteiger partial charge in [0.1, 0.15) is 11.6 Å². The third-order valence-corrected chi connectivity index (χ3v) is 1.58. The Labute approximate surface area is 66.3 Å². The van der Waals surface area contributed by atoms with Crippen molar-refractivity contribution in [1.29, 1.82) is 5.41 Å². The third-order valence-electron chi connectivity index (χ3n) is 1.58. The van der Waals surface area contributed by atoms with E-state index in [1.54, 1.807) is 0 Å². The smallest absolute Gasteiger partial charge is 0.140 e. The van der Waals surface area contributed by atoms with Crippen LogP contribution in [0.2, 0.25) is 0 Å². The Morgan fingerprint density at radius 2 is 1.82 bits per heavy atom. The van der Waals surface area contributed by atoms with Crippen LogP contribution < -0.4 is 0 Å². The van der Waals surface area contributed by atoms with Gasteiger partial charge in [0.15, 0.2) is 0 Å². The van der Waals surface area contributed by atoms with Gasteiger partial charge in [0.05, 0.1) is 5.92 Å². The molecule has 0 aromatic rings. The molecule has 0 aromatic heterocycles. The molecule has 3 nitrogen and oxygen atoms in total. The van der Waals surface area contributed by atoms with Gasteiger partial charge >= 0.3 is 0 Å². The summed E-state index contributed by atoms with van der Waals surface area (Å²) in [5.74, 6) is -0.685. The minimum atomic E-state index is -0.489. The van der Waals surface area contributed by atoms with Crippen LogP contribution in [0.25, 0.3) is 0 Å². The molecule has 0 amide bonds. The molecule has 1 N–H and O–H groups in total. The number of rotatable bonds is 5. The Bertz CT molecular complexity index is 161. The minimum absolute atomic E-state index is 0.0978. The van der Waals surface area contributed by atoms with E-state index in [9.17, 15) is 9.59 Å². The van der Waals surface area contributed by atoms with Gasteiger partial charge in [-0.1, -0.05) is 0 Å². The van der Waals surface area contributed by atoms with E-state index in [1.165, 1.54) is 20.1 Å². The first-order valence-corrected chi connectivity index (χ1v) is 3.59. The van der Waals surface area contributed by atoms with E-state index in [0.29, 0.717) is 12.8 Å². The second-order valence-electron chi connectivity index (χ2n) is 2.56. The predicted molar refractivity (Wildman–Crippen MR) is 42.9 cm³/mol. The van der Waals surface area contributed by atoms with E-state index in [1.807, 2.05) is 0 Å². The fourth-order valence-corrected chi connectivity index (χ4v) is 0.943. The molecule has 11 heavy (non-hydrogen) atoms. The van der Waals surface area contributed by atoms with Crippen molar-refractivity contribution in [3.8, 4) is 0 Å². The predicted octanol–water partition coefficient (Wildman–Crippen LogP) is 1.21. The molecule has 0 saturated heterocycles. The number of hydrogen-bond donors (Lipinski definition) is 1. The SMILES string of the molecule is CC(=O)C(CCC=N)C(C)=O. The van der Waals surface area contributed by atoms with Crippen LogP contribution in [0.5, 0.6) is 0 Å². The molecule has 0 heterocycles. The summed E-state index contributed by atoms with van der Waals surface area (Å²) in [4.78, 5) is 21.6. The standard InChI is InChI=1S/C8H13NO2/c1-6(10)8(7(2)11)4-3-5-9/h5,8-9H,3-4H2,1-2H3. The Morgan fingerprint density at radius 3 is 2.09 bits per heavy atom. The van der Waals surface area contributed by atoms with Gasteiger partial charge in [-0.05, 0) is 32.9 Å². The van der Waals surface area contributed by atoms with Gasteiger partial charge in [-0.25, -0.2) is 0 Å². The number of ketones is 2. The zero-order chi connectivity index (χ0) is 8.85. The van der Waals surface area contributed by atoms with E-state index >= 15 is 0 Å². The number of Topliss-reactive ketones (excluding diaryl/α,β-unsaturated/α-hetero) is 2. The van der Waals surface area contributed by atoms with Gasteiger partial charge in [-0.2, -0.15) is 0 Å². The van der Waals surface area contributed by atoms with Crippen molar-refractivity contribution in [3.05, 3.63) is 0 Å². The lowest BCUT2D eigenvalue weighted by Crippen LogP contribution is -2.19. The number of carbonyl (C=O) groups excluding carboxylic acids is 2. The minimum Gasteiger partial charge on any atom is -0.313 e. The first-order chi connectivity index (χ1) is 5.09. The Hall–Kier alpha value is -0.990. The lowest BCUT2D eigenvalue weighted by atomic mass is 9.96. The zero-order valence-corrected chi connectivity index (χ0v) is 6.89. The summed E-state index contributed by atoms with van der Waals surface area (Å²) in [7, 11) is 0. The Morgan fingerprint density at radius 1 is 1.36 bits per heavy atom. The second-order valence-corrected chi connectivity index (χ2v) is 2.56. The highest BCUT2D eigenvalue weighted by Gasteiger charge is 2.17. The topological polar surface area (TPSA) is 58.0 Å². The molecule has 0 atom stereocenters. The van der Waals surface area contributed by atoms with Crippen molar-refractivity contribution >= 4 is 17.8 Å². The van der Waals surface area contributed by atoms with Crippen molar-refractivity contribution in [1.82, 2.24) is 0 Å². The van der Waals surface area contributed by atoms with Crippen LogP contribution in [0.4, 0.5) is 0 Å². The molecule has 0 radical (unpaired) electrons. The molecule has 0 saturated carbocycles. The largest absolute Gasteiger partial charge is 0.313 e. The molecule has 0 rings (SSSR count). The van der Waals surface area contributed by atoms with Crippen LogP contribution in [0.1, 0.15) is 26.7 Å². The highest BCUT2D eigenvalue weighted by atomic mass is 16.1. The number of hydrogen-bond acceptors (Lipinski definition) is 3. The van der Waals surface area contributed by atoms with Gasteiger partial charge in [0.25, 0.3) is 0 Å². The first kappa shape index (κ1) is 10.0. The van der Waals surface area contributed by atoms with Gasteiger partial charge < -0.3 is 5.41 Å². The summed E-state index contributed by atoms with van der Waals surface area (Å²) in [5.41, 5.74) is 0. The molecule has 62 valence electrons. The first-order valence-electron chi connectivity index (χ1n) is 3.59. The molecule has 0 bridgehead atoms. The maximum atomic E-state index is 10.8. The van der Waals surface area contributed by atoms with Crippen LogP contribution in [0.15, 0.2) is 0 Å². The second kappa shape index (κ2) is 4.77. The van der Waals surface area contributed by atoms with Crippen molar-refractivity contribution < 1.29 is 9.59 Å². The molecule has 0 aliphatic carbocycles. The third kappa shape index (κ3) is 3.65. The number of carbonyl (C=O) groups is 2. The van der Waals surface area contributed by atoms with E-state index < -0.39 is 5.92 Å². The average Bonchev–Trinajstić information content (AvgIpc) is 1.87. The Balaban J connectivity index is 4.00. The maximum Gasteiger partial charge on any atom is 0.140 e. The van der Waals surface area contributed by atoms with E-state index in [4.69, 9.17) is 5.41 Å². The van der Waals surface area contributed by atoms with Crippen molar-refractivity contribution in [3.63, 3.8) is 0 Å². The van der Waals surface area contributed by atoms with Crippen LogP contribution in [-0.2, 0) is 9.59 Å². The highest BCUT2D eigenvalue weighted by molar-refractivity contribution is 6.00. The summed E-state index contributed by atoms with van der Waals surface area (Å²) < 4.78 is 0. The fraction of sp³-hybridized carbons (Fsp3) is 0.625. The summed E-state index contributed by atoms with van der Waals surface area (Å²) in [6.07, 6.45) is 2.21. The number of nitrogens with one attached hydrogen (secondary N) is 1. The lowest BCUT2D eigenvalue weighted by Gasteiger charge is -2.06. The van der Waals surface area contributed by atoms with E-state index in [2.05, 4.69) is 0 Å². The Kier molecular flexibility index (Phi) is 4.34. The van der Waals surface area contributed by atoms with Gasteiger partial charge in [0.2, 0.25) is 0 Å². The van der Waals surface area contributed by atoms with Crippen LogP contribution in [-0.4, -0.2) is 17.8 Å². The van der Waals surface area contributed by atoms with Crippen LogP contribution in [0.3, 0.4) is 0 Å². The van der Waals surface area contributed by atoms with Gasteiger partial charge in [0, 0.05) is 0 Å². The van der Waals surface area contributed by atoms with Crippen molar-refractivity contribution in [2.24, 2.45) is 5.92 Å². The zero-order valence-electron chi connectivity index (χ0n) is 6.89.